The molecule has 0 bridgehead atoms. The molecule has 5 nitrogen and oxygen atoms in total. The Morgan fingerprint density at radius 3 is 2.55 bits per heavy atom. The fraction of sp³-hybridized carbons (Fsp3) is 0.133. The SMILES string of the molecule is CCOC(=O)c1cccc(C(=O)O)c1-c1cccnc1. The van der Waals surface area contributed by atoms with Crippen molar-refractivity contribution in [3.8, 4) is 11.1 Å². The lowest BCUT2D eigenvalue weighted by Gasteiger charge is -2.11. The van der Waals surface area contributed by atoms with Crippen molar-refractivity contribution in [1.29, 1.82) is 0 Å². The Kier molecular flexibility index (Phi) is 4.10. The van der Waals surface area contributed by atoms with Crippen LogP contribution in [0.4, 0.5) is 0 Å². The average molecular weight is 271 g/mol. The minimum absolute atomic E-state index is 0.0450. The summed E-state index contributed by atoms with van der Waals surface area (Å²) >= 11 is 0. The number of rotatable bonds is 4. The Bertz CT molecular complexity index is 638. The molecular formula is C15H13NO4. The van der Waals surface area contributed by atoms with Gasteiger partial charge in [0.25, 0.3) is 0 Å². The number of benzene rings is 1. The standard InChI is InChI=1S/C15H13NO4/c1-2-20-15(19)12-7-3-6-11(14(17)18)13(12)10-5-4-8-16-9-10/h3-9H,2H2,1H3,(H,17,18). The molecule has 1 N–H and O–H groups in total. The number of hydrogen-bond acceptors (Lipinski definition) is 4. The second-order valence-corrected chi connectivity index (χ2v) is 4.00. The van der Waals surface area contributed by atoms with Crippen molar-refractivity contribution in [2.24, 2.45) is 0 Å². The largest absolute Gasteiger partial charge is 0.478 e. The first-order chi connectivity index (χ1) is 9.65. The fourth-order valence-electron chi connectivity index (χ4n) is 1.93. The quantitative estimate of drug-likeness (QED) is 0.865. The van der Waals surface area contributed by atoms with Crippen molar-refractivity contribution in [2.75, 3.05) is 6.61 Å². The molecule has 0 saturated carbocycles. The molecule has 20 heavy (non-hydrogen) atoms. The second-order valence-electron chi connectivity index (χ2n) is 4.00. The van der Waals surface area contributed by atoms with Crippen LogP contribution in [0, 0.1) is 0 Å². The van der Waals surface area contributed by atoms with Gasteiger partial charge in [0.05, 0.1) is 17.7 Å². The number of carboxylic acids is 1. The molecule has 0 saturated heterocycles. The Hall–Kier alpha value is -2.69. The number of nitrogens with zero attached hydrogens (tertiary/aromatic N) is 1. The van der Waals surface area contributed by atoms with Gasteiger partial charge in [-0.3, -0.25) is 4.98 Å². The minimum atomic E-state index is -1.10. The highest BCUT2D eigenvalue weighted by molar-refractivity contribution is 6.05. The maximum absolute atomic E-state index is 12.0. The van der Waals surface area contributed by atoms with Crippen molar-refractivity contribution < 1.29 is 19.4 Å². The maximum atomic E-state index is 12.0. The maximum Gasteiger partial charge on any atom is 0.338 e. The van der Waals surface area contributed by atoms with Crippen LogP contribution >= 0.6 is 0 Å². The highest BCUT2D eigenvalue weighted by atomic mass is 16.5. The summed E-state index contributed by atoms with van der Waals surface area (Å²) in [6.07, 6.45) is 3.10. The van der Waals surface area contributed by atoms with E-state index in [1.807, 2.05) is 0 Å². The van der Waals surface area contributed by atoms with Gasteiger partial charge in [-0.15, -0.1) is 0 Å². The Morgan fingerprint density at radius 1 is 1.20 bits per heavy atom. The Labute approximate surface area is 115 Å². The van der Waals surface area contributed by atoms with Crippen LogP contribution in [0.5, 0.6) is 0 Å². The first-order valence-corrected chi connectivity index (χ1v) is 6.09. The summed E-state index contributed by atoms with van der Waals surface area (Å²) in [5.74, 6) is -1.65. The van der Waals surface area contributed by atoms with E-state index in [0.29, 0.717) is 11.1 Å². The van der Waals surface area contributed by atoms with Gasteiger partial charge in [-0.25, -0.2) is 9.59 Å². The highest BCUT2D eigenvalue weighted by Gasteiger charge is 2.20. The average Bonchev–Trinajstić information content (AvgIpc) is 2.47. The number of carbonyl (C=O) groups excluding carboxylic acids is 1. The van der Waals surface area contributed by atoms with Gasteiger partial charge in [0.15, 0.2) is 0 Å². The summed E-state index contributed by atoms with van der Waals surface area (Å²) in [6, 6.07) is 7.91. The minimum Gasteiger partial charge on any atom is -0.478 e. The molecule has 2 rings (SSSR count). The number of pyridine rings is 1. The van der Waals surface area contributed by atoms with E-state index in [0.717, 1.165) is 0 Å². The zero-order valence-electron chi connectivity index (χ0n) is 10.9. The molecule has 0 radical (unpaired) electrons. The van der Waals surface area contributed by atoms with E-state index in [2.05, 4.69) is 4.98 Å². The molecule has 1 aromatic carbocycles. The topological polar surface area (TPSA) is 76.5 Å². The van der Waals surface area contributed by atoms with Gasteiger partial charge in [0.2, 0.25) is 0 Å². The summed E-state index contributed by atoms with van der Waals surface area (Å²) in [5.41, 5.74) is 1.16. The van der Waals surface area contributed by atoms with Crippen molar-refractivity contribution >= 4 is 11.9 Å². The van der Waals surface area contributed by atoms with E-state index in [-0.39, 0.29) is 17.7 Å². The van der Waals surface area contributed by atoms with Crippen LogP contribution in [0.1, 0.15) is 27.6 Å². The number of aromatic carboxylic acids is 1. The zero-order valence-corrected chi connectivity index (χ0v) is 10.9. The molecule has 1 heterocycles. The van der Waals surface area contributed by atoms with Gasteiger partial charge in [-0.2, -0.15) is 0 Å². The summed E-state index contributed by atoms with van der Waals surface area (Å²) < 4.78 is 4.97. The van der Waals surface area contributed by atoms with E-state index >= 15 is 0 Å². The number of carboxylic acid groups (broad SMARTS) is 1. The van der Waals surface area contributed by atoms with Crippen LogP contribution < -0.4 is 0 Å². The van der Waals surface area contributed by atoms with Crippen LogP contribution in [0.2, 0.25) is 0 Å². The van der Waals surface area contributed by atoms with Crippen LogP contribution in [-0.4, -0.2) is 28.6 Å². The predicted molar refractivity (Wildman–Crippen MR) is 72.6 cm³/mol. The van der Waals surface area contributed by atoms with E-state index in [9.17, 15) is 14.7 Å². The first-order valence-electron chi connectivity index (χ1n) is 6.09. The number of carbonyl (C=O) groups is 2. The third kappa shape index (κ3) is 2.66. The lowest BCUT2D eigenvalue weighted by molar-refractivity contribution is 0.0527. The van der Waals surface area contributed by atoms with E-state index in [1.165, 1.54) is 18.3 Å². The fourth-order valence-corrected chi connectivity index (χ4v) is 1.93. The smallest absolute Gasteiger partial charge is 0.338 e. The summed E-state index contributed by atoms with van der Waals surface area (Å²) in [5, 5.41) is 9.29. The normalized spacial score (nSPS) is 10.1. The number of hydrogen-bond donors (Lipinski definition) is 1. The van der Waals surface area contributed by atoms with E-state index in [1.54, 1.807) is 31.3 Å². The molecule has 5 heteroatoms. The van der Waals surface area contributed by atoms with E-state index in [4.69, 9.17) is 4.74 Å². The molecule has 1 aromatic heterocycles. The molecule has 102 valence electrons. The van der Waals surface area contributed by atoms with Crippen molar-refractivity contribution in [1.82, 2.24) is 4.98 Å². The second kappa shape index (κ2) is 5.97. The van der Waals surface area contributed by atoms with E-state index < -0.39 is 11.9 Å². The molecule has 0 aliphatic carbocycles. The third-order valence-electron chi connectivity index (χ3n) is 2.74. The van der Waals surface area contributed by atoms with Crippen molar-refractivity contribution in [3.63, 3.8) is 0 Å². The van der Waals surface area contributed by atoms with Gasteiger partial charge in [-0.1, -0.05) is 12.1 Å². The monoisotopic (exact) mass is 271 g/mol. The molecule has 0 unspecified atom stereocenters. The van der Waals surface area contributed by atoms with Crippen LogP contribution in [-0.2, 0) is 4.74 Å². The van der Waals surface area contributed by atoms with Gasteiger partial charge in [0, 0.05) is 23.5 Å². The van der Waals surface area contributed by atoms with Crippen LogP contribution in [0.15, 0.2) is 42.7 Å². The van der Waals surface area contributed by atoms with Gasteiger partial charge < -0.3 is 9.84 Å². The predicted octanol–water partition coefficient (Wildman–Crippen LogP) is 2.62. The van der Waals surface area contributed by atoms with Gasteiger partial charge in [-0.05, 0) is 25.1 Å². The summed E-state index contributed by atoms with van der Waals surface area (Å²) in [7, 11) is 0. The molecule has 0 spiro atoms. The molecule has 0 fully saturated rings. The first kappa shape index (κ1) is 13.7. The van der Waals surface area contributed by atoms with Crippen molar-refractivity contribution in [3.05, 3.63) is 53.9 Å². The van der Waals surface area contributed by atoms with Crippen LogP contribution in [0.25, 0.3) is 11.1 Å². The van der Waals surface area contributed by atoms with Gasteiger partial charge in [0.1, 0.15) is 0 Å². The Balaban J connectivity index is 2.67. The number of aromatic nitrogens is 1. The van der Waals surface area contributed by atoms with Gasteiger partial charge >= 0.3 is 11.9 Å². The molecule has 0 atom stereocenters. The molecule has 0 aliphatic rings. The number of ether oxygens (including phenoxy) is 1. The van der Waals surface area contributed by atoms with Crippen LogP contribution in [0.3, 0.4) is 0 Å². The number of esters is 1. The summed E-state index contributed by atoms with van der Waals surface area (Å²) in [4.78, 5) is 27.3. The highest BCUT2D eigenvalue weighted by Crippen LogP contribution is 2.28. The molecule has 0 aliphatic heterocycles. The molecule has 2 aromatic rings. The zero-order chi connectivity index (χ0) is 14.5. The van der Waals surface area contributed by atoms with Crippen molar-refractivity contribution in [2.45, 2.75) is 6.92 Å². The summed E-state index contributed by atoms with van der Waals surface area (Å²) in [6.45, 7) is 1.92. The molecule has 0 amide bonds. The lowest BCUT2D eigenvalue weighted by atomic mass is 9.95. The lowest BCUT2D eigenvalue weighted by Crippen LogP contribution is -2.10. The molecular weight excluding hydrogens is 258 g/mol. The Morgan fingerprint density at radius 2 is 1.95 bits per heavy atom. The third-order valence-corrected chi connectivity index (χ3v) is 2.74.